The average Bonchev–Trinajstić information content (AvgIpc) is 3.16. The molecule has 2 fully saturated rings. The van der Waals surface area contributed by atoms with Crippen LogP contribution >= 0.6 is 30.4 Å². The second-order valence-electron chi connectivity index (χ2n) is 14.6. The fourth-order valence-corrected chi connectivity index (χ4v) is 12.8. The van der Waals surface area contributed by atoms with Gasteiger partial charge in [-0.05, 0) is 87.7 Å². The van der Waals surface area contributed by atoms with E-state index in [2.05, 4.69) is 9.97 Å². The number of aryl methyl sites for hydroxylation is 1. The molecule has 2 aromatic carbocycles. The highest BCUT2D eigenvalue weighted by Crippen LogP contribution is 2.80. The molecular formula is C37H43FN2O20P4. The zero-order chi connectivity index (χ0) is 47.5. The molecule has 2 aliphatic rings. The predicted octanol–water partition coefficient (Wildman–Crippen LogP) is 7.07. The summed E-state index contributed by atoms with van der Waals surface area (Å²) < 4.78 is 105. The van der Waals surface area contributed by atoms with Crippen molar-refractivity contribution in [3.05, 3.63) is 119 Å². The normalized spacial score (nSPS) is 30.2. The van der Waals surface area contributed by atoms with E-state index in [9.17, 15) is 62.0 Å². The number of ether oxygens (including phenoxy) is 4. The Morgan fingerprint density at radius 1 is 0.672 bits per heavy atom. The second-order valence-corrected chi connectivity index (χ2v) is 23.2. The van der Waals surface area contributed by atoms with Crippen molar-refractivity contribution < 1.29 is 99.1 Å². The summed E-state index contributed by atoms with van der Waals surface area (Å²) >= 11 is 0. The molecule has 27 heteroatoms. The summed E-state index contributed by atoms with van der Waals surface area (Å²) in [6, 6.07) is 12.8. The SMILES string of the molecule is CC(C)OC(=O)Oc1ccc(C2OP(=O)(O)C(O)(Cc3cccnc3)P(=O)(O)O2)c(F)c1.Cc1ccc(C2OP(=O)(O)C(O)(Cc3cccnc3)P(=O)(O)O2)c(OC(=O)OC(C)C)c1. The van der Waals surface area contributed by atoms with Crippen LogP contribution in [0.5, 0.6) is 11.5 Å². The van der Waals surface area contributed by atoms with Crippen LogP contribution in [0.3, 0.4) is 0 Å². The first-order valence-corrected chi connectivity index (χ1v) is 24.9. The Labute approximate surface area is 364 Å². The van der Waals surface area contributed by atoms with Crippen LogP contribution in [0.25, 0.3) is 0 Å². The van der Waals surface area contributed by atoms with Gasteiger partial charge in [-0.15, -0.1) is 0 Å². The maximum absolute atomic E-state index is 14.6. The molecule has 2 saturated heterocycles. The molecule has 348 valence electrons. The maximum Gasteiger partial charge on any atom is 0.514 e. The minimum atomic E-state index is -5.27. The van der Waals surface area contributed by atoms with Crippen LogP contribution < -0.4 is 9.47 Å². The van der Waals surface area contributed by atoms with Crippen LogP contribution in [0.15, 0.2) is 85.5 Å². The number of halogens is 1. The van der Waals surface area contributed by atoms with Gasteiger partial charge in [0.15, 0.2) is 0 Å². The first-order chi connectivity index (χ1) is 29.7. The molecule has 4 aromatic rings. The van der Waals surface area contributed by atoms with Gasteiger partial charge in [-0.2, -0.15) is 0 Å². The molecule has 0 bridgehead atoms. The summed E-state index contributed by atoms with van der Waals surface area (Å²) in [5, 5.41) is 15.1. The molecule has 64 heavy (non-hydrogen) atoms. The fraction of sp³-hybridized carbons (Fsp3) is 0.351. The number of benzene rings is 2. The third-order valence-corrected chi connectivity index (χ3v) is 18.0. The summed E-state index contributed by atoms with van der Waals surface area (Å²) in [6.45, 7) is 8.07. The van der Waals surface area contributed by atoms with Crippen molar-refractivity contribution in [2.75, 3.05) is 0 Å². The lowest BCUT2D eigenvalue weighted by molar-refractivity contribution is -0.0601. The Morgan fingerprint density at radius 3 is 1.50 bits per heavy atom. The molecule has 4 atom stereocenters. The van der Waals surface area contributed by atoms with Crippen molar-refractivity contribution in [2.45, 2.75) is 82.4 Å². The molecule has 6 N–H and O–H groups in total. The summed E-state index contributed by atoms with van der Waals surface area (Å²) in [7, 11) is -20.9. The third-order valence-electron chi connectivity index (χ3n) is 8.80. The van der Waals surface area contributed by atoms with E-state index in [1.165, 1.54) is 61.2 Å². The topological polar surface area (TPSA) is 323 Å². The van der Waals surface area contributed by atoms with Gasteiger partial charge in [0, 0.05) is 49.3 Å². The van der Waals surface area contributed by atoms with Crippen molar-refractivity contribution in [1.82, 2.24) is 9.97 Å². The number of carbonyl (C=O) groups excluding carboxylic acids is 2. The number of hydrogen-bond donors (Lipinski definition) is 6. The highest BCUT2D eigenvalue weighted by atomic mass is 31.2. The molecule has 0 spiro atoms. The molecule has 4 heterocycles. The predicted molar refractivity (Wildman–Crippen MR) is 217 cm³/mol. The molecule has 6 rings (SSSR count). The smallest absolute Gasteiger partial charge is 0.431 e. The monoisotopic (exact) mass is 978 g/mol. The van der Waals surface area contributed by atoms with Crippen LogP contribution in [-0.4, -0.2) is 74.4 Å². The average molecular weight is 979 g/mol. The molecule has 0 aliphatic carbocycles. The van der Waals surface area contributed by atoms with Gasteiger partial charge in [-0.1, -0.05) is 18.2 Å². The standard InChI is InChI=1S/C19H23NO10P2.C18H20FNO10P2/c1-12(2)27-18(21)28-16-9-13(3)6-7-15(16)17-29-31(23,24)19(22,32(25,26)30-17)10-14-5-4-8-20-11-14;1-11(2)27-17(21)28-13-5-6-14(15(19)8-13)16-29-31(23,24)18(22,32(25,26)30-16)9-12-4-3-7-20-10-12/h4-9,11-12,17,22H,10H2,1-3H3,(H,23,24)(H,25,26);3-8,10-11,16,22H,9H2,1-2H3,(H,23,24)(H,25,26). The van der Waals surface area contributed by atoms with Crippen molar-refractivity contribution in [2.24, 2.45) is 0 Å². The zero-order valence-corrected chi connectivity index (χ0v) is 37.8. The second kappa shape index (κ2) is 19.7. The van der Waals surface area contributed by atoms with Crippen molar-refractivity contribution in [1.29, 1.82) is 0 Å². The number of carbonyl (C=O) groups is 2. The Kier molecular flexibility index (Phi) is 15.6. The summed E-state index contributed by atoms with van der Waals surface area (Å²) in [6.07, 6.45) is -3.31. The van der Waals surface area contributed by atoms with E-state index in [1.54, 1.807) is 40.7 Å². The van der Waals surface area contributed by atoms with Crippen LogP contribution in [-0.2, 0) is 58.7 Å². The molecule has 0 radical (unpaired) electrons. The fourth-order valence-electron chi connectivity index (χ4n) is 5.70. The van der Waals surface area contributed by atoms with Crippen LogP contribution in [0.2, 0.25) is 0 Å². The van der Waals surface area contributed by atoms with E-state index in [-0.39, 0.29) is 28.2 Å². The van der Waals surface area contributed by atoms with E-state index >= 15 is 0 Å². The number of aliphatic hydroxyl groups is 2. The van der Waals surface area contributed by atoms with Gasteiger partial charge in [0.05, 0.1) is 17.8 Å². The summed E-state index contributed by atoms with van der Waals surface area (Å²) in [5.41, 5.74) is 0.347. The van der Waals surface area contributed by atoms with Gasteiger partial charge < -0.3 is 48.7 Å². The van der Waals surface area contributed by atoms with Crippen molar-refractivity contribution in [3.8, 4) is 11.5 Å². The summed E-state index contributed by atoms with van der Waals surface area (Å²) in [5.74, 6) is -1.57. The van der Waals surface area contributed by atoms with Gasteiger partial charge in [-0.3, -0.25) is 46.3 Å². The van der Waals surface area contributed by atoms with Crippen molar-refractivity contribution >= 4 is 42.7 Å². The maximum atomic E-state index is 14.6. The molecule has 0 saturated carbocycles. The van der Waals surface area contributed by atoms with E-state index in [0.29, 0.717) is 5.56 Å². The Bertz CT molecular complexity index is 2480. The van der Waals surface area contributed by atoms with Crippen LogP contribution in [0.4, 0.5) is 14.0 Å². The molecule has 2 aliphatic heterocycles. The van der Waals surface area contributed by atoms with Gasteiger partial charge in [-0.25, -0.2) is 14.0 Å². The lowest BCUT2D eigenvalue weighted by atomic mass is 10.1. The number of nitrogens with zero attached hydrogens (tertiary/aromatic N) is 2. The minimum Gasteiger partial charge on any atom is -0.431 e. The highest BCUT2D eigenvalue weighted by Gasteiger charge is 2.68. The molecule has 4 unspecified atom stereocenters. The lowest BCUT2D eigenvalue weighted by Gasteiger charge is -2.41. The highest BCUT2D eigenvalue weighted by molar-refractivity contribution is 7.73. The van der Waals surface area contributed by atoms with E-state index < -0.39 is 102 Å². The van der Waals surface area contributed by atoms with Crippen LogP contribution in [0, 0.1) is 12.7 Å². The lowest BCUT2D eigenvalue weighted by Crippen LogP contribution is -2.38. The van der Waals surface area contributed by atoms with E-state index in [1.807, 2.05) is 0 Å². The molecule has 2 aromatic heterocycles. The zero-order valence-electron chi connectivity index (χ0n) is 34.3. The van der Waals surface area contributed by atoms with Crippen molar-refractivity contribution in [3.63, 3.8) is 0 Å². The minimum absolute atomic E-state index is 0.122. The van der Waals surface area contributed by atoms with E-state index in [0.717, 1.165) is 18.2 Å². The first kappa shape index (κ1) is 50.7. The van der Waals surface area contributed by atoms with Gasteiger partial charge in [0.2, 0.25) is 12.6 Å². The number of aromatic nitrogens is 2. The number of pyridine rings is 2. The largest absolute Gasteiger partial charge is 0.514 e. The van der Waals surface area contributed by atoms with Gasteiger partial charge in [0.25, 0.3) is 10.2 Å². The molecule has 0 amide bonds. The first-order valence-electron chi connectivity index (χ1n) is 18.6. The Hall–Kier alpha value is -4.27. The summed E-state index contributed by atoms with van der Waals surface area (Å²) in [4.78, 5) is 72.7. The number of hydrogen-bond acceptors (Lipinski definition) is 18. The van der Waals surface area contributed by atoms with E-state index in [4.69, 9.17) is 37.0 Å². The Morgan fingerprint density at radius 2 is 1.09 bits per heavy atom. The quantitative estimate of drug-likeness (QED) is 0.0525. The molecular weight excluding hydrogens is 935 g/mol. The van der Waals surface area contributed by atoms with Gasteiger partial charge in [0.1, 0.15) is 17.3 Å². The van der Waals surface area contributed by atoms with Crippen LogP contribution in [0.1, 0.15) is 68.1 Å². The number of rotatable bonds is 10. The molecule has 22 nitrogen and oxygen atoms in total. The van der Waals surface area contributed by atoms with Gasteiger partial charge >= 0.3 is 42.7 Å². The third kappa shape index (κ3) is 11.4. The Balaban J connectivity index is 0.000000241.